The average molecular weight is 155 g/mol. The summed E-state index contributed by atoms with van der Waals surface area (Å²) in [6.07, 6.45) is 1.87. The van der Waals surface area contributed by atoms with Gasteiger partial charge in [-0.3, -0.25) is 5.73 Å². The summed E-state index contributed by atoms with van der Waals surface area (Å²) in [5.74, 6) is 0.398. The first kappa shape index (κ1) is 7.28. The maximum atomic E-state index is 5.46. The molecule has 1 aliphatic heterocycles. The van der Waals surface area contributed by atoms with Crippen LogP contribution in [0.15, 0.2) is 12.2 Å². The fourth-order valence-corrected chi connectivity index (χ4v) is 1.78. The van der Waals surface area contributed by atoms with Gasteiger partial charge in [0.2, 0.25) is 6.41 Å². The van der Waals surface area contributed by atoms with Crippen molar-refractivity contribution in [2.45, 2.75) is 25.4 Å². The van der Waals surface area contributed by atoms with Crippen LogP contribution in [-0.4, -0.2) is 19.1 Å². The van der Waals surface area contributed by atoms with Crippen molar-refractivity contribution in [3.8, 4) is 0 Å². The van der Waals surface area contributed by atoms with Crippen LogP contribution in [0.5, 0.6) is 0 Å². The van der Waals surface area contributed by atoms with Crippen LogP contribution in [0.3, 0.4) is 0 Å². The molecule has 0 aromatic rings. The van der Waals surface area contributed by atoms with Crippen LogP contribution in [0, 0.1) is 5.92 Å². The summed E-state index contributed by atoms with van der Waals surface area (Å²) in [6, 6.07) is 0. The summed E-state index contributed by atoms with van der Waals surface area (Å²) in [6.45, 7) is 4.65. The minimum Gasteiger partial charge on any atom is -0.339 e. The molecule has 1 saturated heterocycles. The molecule has 2 fully saturated rings. The second-order valence-electron chi connectivity index (χ2n) is 3.18. The molecule has 0 aromatic carbocycles. The van der Waals surface area contributed by atoms with E-state index < -0.39 is 6.41 Å². The Morgan fingerprint density at radius 3 is 3.18 bits per heavy atom. The third-order valence-electron chi connectivity index (χ3n) is 2.47. The Morgan fingerprint density at radius 1 is 1.55 bits per heavy atom. The molecule has 0 spiro atoms. The predicted molar refractivity (Wildman–Crippen MR) is 40.7 cm³/mol. The summed E-state index contributed by atoms with van der Waals surface area (Å²) < 4.78 is 10.5. The summed E-state index contributed by atoms with van der Waals surface area (Å²) in [5, 5.41) is 0. The lowest BCUT2D eigenvalue weighted by Gasteiger charge is -2.30. The zero-order chi connectivity index (χ0) is 7.84. The molecule has 0 bridgehead atoms. The van der Waals surface area contributed by atoms with E-state index in [1.807, 2.05) is 0 Å². The molecule has 3 atom stereocenters. The van der Waals surface area contributed by atoms with Gasteiger partial charge in [0.15, 0.2) is 0 Å². The second-order valence-corrected chi connectivity index (χ2v) is 3.18. The highest BCUT2D eigenvalue weighted by atomic mass is 16.7. The molecule has 2 N–H and O–H groups in total. The van der Waals surface area contributed by atoms with Crippen LogP contribution in [0.25, 0.3) is 0 Å². The van der Waals surface area contributed by atoms with Crippen molar-refractivity contribution in [3.05, 3.63) is 12.2 Å². The topological polar surface area (TPSA) is 44.5 Å². The van der Waals surface area contributed by atoms with Gasteiger partial charge in [0.05, 0.1) is 12.7 Å². The Kier molecular flexibility index (Phi) is 1.71. The number of rotatable bonds is 0. The second kappa shape index (κ2) is 2.59. The normalized spacial score (nSPS) is 44.1. The van der Waals surface area contributed by atoms with Crippen molar-refractivity contribution in [2.24, 2.45) is 11.7 Å². The van der Waals surface area contributed by atoms with E-state index in [0.717, 1.165) is 12.8 Å². The van der Waals surface area contributed by atoms with Gasteiger partial charge in [0, 0.05) is 5.92 Å². The van der Waals surface area contributed by atoms with Crippen molar-refractivity contribution in [1.29, 1.82) is 0 Å². The van der Waals surface area contributed by atoms with Crippen LogP contribution < -0.4 is 5.73 Å². The SMILES string of the molecule is C=C1CC[C@@H]2O[C@@H](N)OC[C@@H]12. The molecule has 3 nitrogen and oxygen atoms in total. The largest absolute Gasteiger partial charge is 0.339 e. The van der Waals surface area contributed by atoms with Gasteiger partial charge in [-0.05, 0) is 12.8 Å². The number of hydrogen-bond donors (Lipinski definition) is 1. The van der Waals surface area contributed by atoms with E-state index in [-0.39, 0.29) is 6.10 Å². The highest BCUT2D eigenvalue weighted by Gasteiger charge is 2.36. The molecule has 3 heteroatoms. The molecule has 0 amide bonds. The molecular formula is C8H13NO2. The first-order valence-corrected chi connectivity index (χ1v) is 3.97. The van der Waals surface area contributed by atoms with E-state index >= 15 is 0 Å². The Bertz CT molecular complexity index is 181. The standard InChI is InChI=1S/C8H13NO2/c1-5-2-3-7-6(5)4-10-8(9)11-7/h6-8H,1-4,9H2/t6-,7-,8-/m0/s1. The van der Waals surface area contributed by atoms with Gasteiger partial charge in [-0.2, -0.15) is 0 Å². The maximum absolute atomic E-state index is 5.46. The number of ether oxygens (including phenoxy) is 2. The van der Waals surface area contributed by atoms with Crippen LogP contribution in [0.4, 0.5) is 0 Å². The van der Waals surface area contributed by atoms with Gasteiger partial charge >= 0.3 is 0 Å². The van der Waals surface area contributed by atoms with Crippen LogP contribution in [0.2, 0.25) is 0 Å². The molecule has 1 heterocycles. The lowest BCUT2D eigenvalue weighted by Crippen LogP contribution is -2.41. The van der Waals surface area contributed by atoms with Crippen molar-refractivity contribution in [3.63, 3.8) is 0 Å². The van der Waals surface area contributed by atoms with E-state index in [0.29, 0.717) is 12.5 Å². The quantitative estimate of drug-likeness (QED) is 0.521. The van der Waals surface area contributed by atoms with Crippen LogP contribution >= 0.6 is 0 Å². The van der Waals surface area contributed by atoms with Gasteiger partial charge in [0.25, 0.3) is 0 Å². The summed E-state index contributed by atoms with van der Waals surface area (Å²) in [5.41, 5.74) is 6.71. The molecule has 62 valence electrons. The zero-order valence-electron chi connectivity index (χ0n) is 6.45. The molecule has 2 aliphatic rings. The first-order chi connectivity index (χ1) is 5.27. The number of fused-ring (bicyclic) bond motifs is 1. The van der Waals surface area contributed by atoms with Crippen LogP contribution in [0.1, 0.15) is 12.8 Å². The van der Waals surface area contributed by atoms with Gasteiger partial charge in [-0.15, -0.1) is 0 Å². The van der Waals surface area contributed by atoms with E-state index in [1.54, 1.807) is 0 Å². The molecule has 11 heavy (non-hydrogen) atoms. The average Bonchev–Trinajstić information content (AvgIpc) is 2.32. The van der Waals surface area contributed by atoms with E-state index in [2.05, 4.69) is 6.58 Å². The van der Waals surface area contributed by atoms with Gasteiger partial charge in [-0.1, -0.05) is 12.2 Å². The minimum atomic E-state index is -0.512. The highest BCUT2D eigenvalue weighted by Crippen LogP contribution is 2.35. The van der Waals surface area contributed by atoms with Crippen molar-refractivity contribution in [2.75, 3.05) is 6.61 Å². The summed E-state index contributed by atoms with van der Waals surface area (Å²) in [7, 11) is 0. The predicted octanol–water partition coefficient (Wildman–Crippen LogP) is 0.610. The molecule has 0 unspecified atom stereocenters. The van der Waals surface area contributed by atoms with Gasteiger partial charge in [-0.25, -0.2) is 0 Å². The maximum Gasteiger partial charge on any atom is 0.213 e. The molecular weight excluding hydrogens is 142 g/mol. The monoisotopic (exact) mass is 155 g/mol. The van der Waals surface area contributed by atoms with Crippen LogP contribution in [-0.2, 0) is 9.47 Å². The Morgan fingerprint density at radius 2 is 2.36 bits per heavy atom. The summed E-state index contributed by atoms with van der Waals surface area (Å²) in [4.78, 5) is 0. The fraction of sp³-hybridized carbons (Fsp3) is 0.750. The molecule has 1 aliphatic carbocycles. The van der Waals surface area contributed by atoms with E-state index in [4.69, 9.17) is 15.2 Å². The third kappa shape index (κ3) is 1.20. The molecule has 0 radical (unpaired) electrons. The smallest absolute Gasteiger partial charge is 0.213 e. The van der Waals surface area contributed by atoms with E-state index in [1.165, 1.54) is 5.57 Å². The lowest BCUT2D eigenvalue weighted by molar-refractivity contribution is -0.221. The van der Waals surface area contributed by atoms with Gasteiger partial charge in [0.1, 0.15) is 0 Å². The van der Waals surface area contributed by atoms with Crippen molar-refractivity contribution in [1.82, 2.24) is 0 Å². The molecule has 1 saturated carbocycles. The Labute approximate surface area is 66.2 Å². The zero-order valence-corrected chi connectivity index (χ0v) is 6.45. The highest BCUT2D eigenvalue weighted by molar-refractivity contribution is 5.10. The van der Waals surface area contributed by atoms with Crippen molar-refractivity contribution >= 4 is 0 Å². The molecule has 0 aromatic heterocycles. The van der Waals surface area contributed by atoms with Crippen molar-refractivity contribution < 1.29 is 9.47 Å². The number of nitrogens with two attached hydrogens (primary N) is 1. The first-order valence-electron chi connectivity index (χ1n) is 3.97. The third-order valence-corrected chi connectivity index (χ3v) is 2.47. The lowest BCUT2D eigenvalue weighted by atomic mass is 10.0. The number of hydrogen-bond acceptors (Lipinski definition) is 3. The summed E-state index contributed by atoms with van der Waals surface area (Å²) >= 11 is 0. The minimum absolute atomic E-state index is 0.270. The Balaban J connectivity index is 2.06. The van der Waals surface area contributed by atoms with E-state index in [9.17, 15) is 0 Å². The Hall–Kier alpha value is -0.380. The van der Waals surface area contributed by atoms with Gasteiger partial charge < -0.3 is 9.47 Å². The fourth-order valence-electron chi connectivity index (χ4n) is 1.78. The molecule has 2 rings (SSSR count).